The van der Waals surface area contributed by atoms with Crippen molar-refractivity contribution in [2.24, 2.45) is 0 Å². The van der Waals surface area contributed by atoms with Crippen molar-refractivity contribution in [2.75, 3.05) is 13.1 Å². The highest BCUT2D eigenvalue weighted by Gasteiger charge is 2.40. The number of nitrogens with one attached hydrogen (secondary N) is 2. The van der Waals surface area contributed by atoms with Crippen LogP contribution in [0.4, 0.5) is 0 Å². The number of hydrogen-bond donors (Lipinski definition) is 2. The number of nitriles is 1. The Bertz CT molecular complexity index is 824. The first-order valence-electron chi connectivity index (χ1n) is 9.16. The van der Waals surface area contributed by atoms with Crippen LogP contribution in [-0.4, -0.2) is 34.0 Å². The number of rotatable bonds is 4. The summed E-state index contributed by atoms with van der Waals surface area (Å²) in [4.78, 5) is 12.8. The summed E-state index contributed by atoms with van der Waals surface area (Å²) in [5.41, 5.74) is 1.66. The maximum Gasteiger partial charge on any atom is 0.274 e. The second-order valence-electron chi connectivity index (χ2n) is 7.16. The summed E-state index contributed by atoms with van der Waals surface area (Å²) >= 11 is 0. The summed E-state index contributed by atoms with van der Waals surface area (Å²) in [6.07, 6.45) is 6.76. The fraction of sp³-hybridized carbons (Fsp3) is 0.474. The Morgan fingerprint density at radius 3 is 2.73 bits per heavy atom. The van der Waals surface area contributed by atoms with Gasteiger partial charge in [0, 0.05) is 6.54 Å². The number of aromatic nitrogens is 3. The van der Waals surface area contributed by atoms with E-state index in [0.717, 1.165) is 50.8 Å². The number of amides is 1. The molecule has 2 aromatic rings. The highest BCUT2D eigenvalue weighted by Crippen LogP contribution is 2.41. The van der Waals surface area contributed by atoms with E-state index in [-0.39, 0.29) is 17.5 Å². The van der Waals surface area contributed by atoms with Crippen molar-refractivity contribution in [3.8, 4) is 6.07 Å². The Labute approximate surface area is 152 Å². The van der Waals surface area contributed by atoms with Gasteiger partial charge in [0.25, 0.3) is 5.91 Å². The third-order valence-electron chi connectivity index (χ3n) is 5.51. The van der Waals surface area contributed by atoms with Gasteiger partial charge in [-0.2, -0.15) is 5.26 Å². The van der Waals surface area contributed by atoms with E-state index in [0.29, 0.717) is 11.3 Å². The van der Waals surface area contributed by atoms with E-state index < -0.39 is 0 Å². The molecule has 2 aliphatic rings. The van der Waals surface area contributed by atoms with Crippen molar-refractivity contribution < 1.29 is 4.79 Å². The molecule has 2 fully saturated rings. The Morgan fingerprint density at radius 1 is 1.31 bits per heavy atom. The molecule has 1 aromatic heterocycles. The van der Waals surface area contributed by atoms with Crippen molar-refractivity contribution in [1.29, 1.82) is 5.26 Å². The van der Waals surface area contributed by atoms with Gasteiger partial charge in [-0.1, -0.05) is 17.3 Å². The molecule has 134 valence electrons. The van der Waals surface area contributed by atoms with Crippen LogP contribution in [0.5, 0.6) is 0 Å². The van der Waals surface area contributed by atoms with Crippen LogP contribution >= 0.6 is 0 Å². The summed E-state index contributed by atoms with van der Waals surface area (Å²) in [6.45, 7) is 1.89. The zero-order chi connectivity index (χ0) is 18.0. The van der Waals surface area contributed by atoms with Crippen LogP contribution in [0.25, 0.3) is 0 Å². The van der Waals surface area contributed by atoms with Gasteiger partial charge in [0.15, 0.2) is 5.69 Å². The first-order chi connectivity index (χ1) is 12.7. The lowest BCUT2D eigenvalue weighted by Gasteiger charge is -2.43. The van der Waals surface area contributed by atoms with Gasteiger partial charge in [0.05, 0.1) is 29.4 Å². The molecule has 0 radical (unpaired) electrons. The van der Waals surface area contributed by atoms with Gasteiger partial charge < -0.3 is 10.6 Å². The van der Waals surface area contributed by atoms with E-state index in [1.807, 2.05) is 12.1 Å². The standard InChI is InChI=1S/C19H22N6O/c20-11-14-4-6-15(7-5-14)19(8-2-9-19)22-18(26)17-13-25(24-23-17)16-3-1-10-21-12-16/h4-7,13,16,21H,1-3,8-10,12H2,(H,22,26). The van der Waals surface area contributed by atoms with Gasteiger partial charge >= 0.3 is 0 Å². The summed E-state index contributed by atoms with van der Waals surface area (Å²) in [6, 6.07) is 9.85. The van der Waals surface area contributed by atoms with Gasteiger partial charge in [-0.25, -0.2) is 4.68 Å². The molecular formula is C19H22N6O. The minimum atomic E-state index is -0.360. The molecule has 7 heteroatoms. The van der Waals surface area contributed by atoms with E-state index in [2.05, 4.69) is 27.0 Å². The lowest BCUT2D eigenvalue weighted by atomic mass is 9.71. The molecule has 4 rings (SSSR count). The van der Waals surface area contributed by atoms with Crippen LogP contribution in [0, 0.1) is 11.3 Å². The largest absolute Gasteiger partial charge is 0.341 e. The molecule has 1 aliphatic heterocycles. The Kier molecular flexibility index (Phi) is 4.43. The zero-order valence-corrected chi connectivity index (χ0v) is 14.6. The highest BCUT2D eigenvalue weighted by molar-refractivity contribution is 5.92. The van der Waals surface area contributed by atoms with Gasteiger partial charge in [-0.15, -0.1) is 5.10 Å². The predicted octanol–water partition coefficient (Wildman–Crippen LogP) is 1.88. The lowest BCUT2D eigenvalue weighted by molar-refractivity contribution is 0.0818. The average Bonchev–Trinajstić information content (AvgIpc) is 3.16. The van der Waals surface area contributed by atoms with Crippen LogP contribution in [-0.2, 0) is 5.54 Å². The quantitative estimate of drug-likeness (QED) is 0.878. The van der Waals surface area contributed by atoms with E-state index >= 15 is 0 Å². The molecule has 0 spiro atoms. The third-order valence-corrected chi connectivity index (χ3v) is 5.51. The number of piperidine rings is 1. The molecular weight excluding hydrogens is 328 g/mol. The Hall–Kier alpha value is -2.72. The number of nitrogens with zero attached hydrogens (tertiary/aromatic N) is 4. The van der Waals surface area contributed by atoms with Crippen molar-refractivity contribution in [3.63, 3.8) is 0 Å². The predicted molar refractivity (Wildman–Crippen MR) is 95.3 cm³/mol. The molecule has 1 amide bonds. The second-order valence-corrected chi connectivity index (χ2v) is 7.16. The Balaban J connectivity index is 1.49. The molecule has 2 N–H and O–H groups in total. The monoisotopic (exact) mass is 350 g/mol. The van der Waals surface area contributed by atoms with E-state index in [4.69, 9.17) is 5.26 Å². The first kappa shape index (κ1) is 16.7. The minimum absolute atomic E-state index is 0.191. The molecule has 2 heterocycles. The normalized spacial score (nSPS) is 21.4. The minimum Gasteiger partial charge on any atom is -0.341 e. The smallest absolute Gasteiger partial charge is 0.274 e. The van der Waals surface area contributed by atoms with E-state index in [9.17, 15) is 4.79 Å². The van der Waals surface area contributed by atoms with Crippen LogP contribution < -0.4 is 10.6 Å². The Morgan fingerprint density at radius 2 is 2.12 bits per heavy atom. The molecule has 1 saturated carbocycles. The third kappa shape index (κ3) is 3.08. The number of benzene rings is 1. The second kappa shape index (κ2) is 6.89. The number of hydrogen-bond acceptors (Lipinski definition) is 5. The summed E-state index contributed by atoms with van der Waals surface area (Å²) in [5, 5.41) is 23.7. The van der Waals surface area contributed by atoms with Crippen molar-refractivity contribution in [1.82, 2.24) is 25.6 Å². The van der Waals surface area contributed by atoms with Crippen molar-refractivity contribution >= 4 is 5.91 Å². The topological polar surface area (TPSA) is 95.6 Å². The van der Waals surface area contributed by atoms with Crippen LogP contribution in [0.3, 0.4) is 0 Å². The maximum absolute atomic E-state index is 12.8. The molecule has 1 aromatic carbocycles. The maximum atomic E-state index is 12.8. The molecule has 7 nitrogen and oxygen atoms in total. The number of carbonyl (C=O) groups is 1. The van der Waals surface area contributed by atoms with Crippen LogP contribution in [0.1, 0.15) is 59.8 Å². The molecule has 0 bridgehead atoms. The lowest BCUT2D eigenvalue weighted by Crippen LogP contribution is -2.50. The van der Waals surface area contributed by atoms with Gasteiger partial charge in [0.2, 0.25) is 0 Å². The fourth-order valence-electron chi connectivity index (χ4n) is 3.78. The van der Waals surface area contributed by atoms with Gasteiger partial charge in [-0.3, -0.25) is 4.79 Å². The summed E-state index contributed by atoms with van der Waals surface area (Å²) < 4.78 is 1.80. The molecule has 1 unspecified atom stereocenters. The molecule has 26 heavy (non-hydrogen) atoms. The van der Waals surface area contributed by atoms with E-state index in [1.54, 1.807) is 23.0 Å². The molecule has 1 saturated heterocycles. The van der Waals surface area contributed by atoms with Crippen LogP contribution in [0.2, 0.25) is 0 Å². The van der Waals surface area contributed by atoms with Gasteiger partial charge in [-0.05, 0) is 56.3 Å². The summed E-state index contributed by atoms with van der Waals surface area (Å²) in [7, 11) is 0. The van der Waals surface area contributed by atoms with Crippen molar-refractivity contribution in [3.05, 3.63) is 47.3 Å². The summed E-state index contributed by atoms with van der Waals surface area (Å²) in [5.74, 6) is -0.191. The molecule has 1 aliphatic carbocycles. The van der Waals surface area contributed by atoms with Gasteiger partial charge in [0.1, 0.15) is 0 Å². The average molecular weight is 350 g/mol. The fourth-order valence-corrected chi connectivity index (χ4v) is 3.78. The zero-order valence-electron chi connectivity index (χ0n) is 14.6. The number of carbonyl (C=O) groups excluding carboxylic acids is 1. The van der Waals surface area contributed by atoms with E-state index in [1.165, 1.54) is 0 Å². The molecule has 1 atom stereocenters. The van der Waals surface area contributed by atoms with Crippen molar-refractivity contribution in [2.45, 2.75) is 43.7 Å². The highest BCUT2D eigenvalue weighted by atomic mass is 16.2. The SMILES string of the molecule is N#Cc1ccc(C2(NC(=O)c3cn(C4CCCNC4)nn3)CCC2)cc1. The van der Waals surface area contributed by atoms with Crippen LogP contribution in [0.15, 0.2) is 30.5 Å². The first-order valence-corrected chi connectivity index (χ1v) is 9.16.